The highest BCUT2D eigenvalue weighted by atomic mass is 16.3. The second-order valence-corrected chi connectivity index (χ2v) is 10.8. The van der Waals surface area contributed by atoms with E-state index in [2.05, 4.69) is 19.2 Å². The second kappa shape index (κ2) is 7.02. The highest BCUT2D eigenvalue weighted by molar-refractivity contribution is 5.73. The van der Waals surface area contributed by atoms with Crippen LogP contribution in [0.5, 0.6) is 0 Å². The zero-order valence-electron chi connectivity index (χ0n) is 17.5. The molecule has 0 bridgehead atoms. The van der Waals surface area contributed by atoms with Gasteiger partial charge < -0.3 is 16.2 Å². The summed E-state index contributed by atoms with van der Waals surface area (Å²) in [6, 6.07) is 0.574. The lowest BCUT2D eigenvalue weighted by Crippen LogP contribution is -2.57. The maximum atomic E-state index is 11.6. The van der Waals surface area contributed by atoms with Gasteiger partial charge in [-0.2, -0.15) is 0 Å². The van der Waals surface area contributed by atoms with Crippen molar-refractivity contribution in [2.24, 2.45) is 46.2 Å². The molecule has 0 aromatic heterocycles. The van der Waals surface area contributed by atoms with E-state index in [0.717, 1.165) is 30.6 Å². The summed E-state index contributed by atoms with van der Waals surface area (Å²) in [4.78, 5) is 11.6. The van der Waals surface area contributed by atoms with Gasteiger partial charge in [-0.05, 0) is 99.7 Å². The van der Waals surface area contributed by atoms with Crippen LogP contribution in [-0.4, -0.2) is 29.7 Å². The summed E-state index contributed by atoms with van der Waals surface area (Å²) in [7, 11) is 0. The topological polar surface area (TPSA) is 75.4 Å². The van der Waals surface area contributed by atoms with E-state index < -0.39 is 0 Å². The van der Waals surface area contributed by atoms with Crippen LogP contribution in [0.1, 0.15) is 78.6 Å². The number of fused-ring (bicyclic) bond motifs is 5. The Balaban J connectivity index is 1.58. The Bertz CT molecular complexity index is 581. The number of amides is 1. The number of rotatable bonds is 3. The summed E-state index contributed by atoms with van der Waals surface area (Å²) in [5.74, 6) is 3.48. The smallest absolute Gasteiger partial charge is 0.217 e. The van der Waals surface area contributed by atoms with Gasteiger partial charge in [-0.3, -0.25) is 4.79 Å². The Kier molecular flexibility index (Phi) is 5.12. The molecule has 0 saturated heterocycles. The maximum Gasteiger partial charge on any atom is 0.217 e. The first kappa shape index (κ1) is 19.7. The van der Waals surface area contributed by atoms with Crippen LogP contribution in [0, 0.1) is 40.4 Å². The van der Waals surface area contributed by atoms with Gasteiger partial charge in [0.15, 0.2) is 0 Å². The zero-order valence-corrected chi connectivity index (χ0v) is 17.5. The fourth-order valence-electron chi connectivity index (χ4n) is 8.63. The third kappa shape index (κ3) is 2.97. The molecule has 4 aliphatic rings. The lowest BCUT2D eigenvalue weighted by atomic mass is 9.44. The van der Waals surface area contributed by atoms with E-state index in [1.54, 1.807) is 6.92 Å². The van der Waals surface area contributed by atoms with Crippen LogP contribution < -0.4 is 11.1 Å². The normalized spacial score (nSPS) is 50.3. The molecular weight excluding hydrogens is 336 g/mol. The third-order valence-corrected chi connectivity index (χ3v) is 9.82. The number of hydrogen-bond donors (Lipinski definition) is 3. The number of hydrogen-bond acceptors (Lipinski definition) is 3. The van der Waals surface area contributed by atoms with Gasteiger partial charge in [0.2, 0.25) is 5.91 Å². The monoisotopic (exact) mass is 376 g/mol. The van der Waals surface area contributed by atoms with Crippen molar-refractivity contribution in [3.05, 3.63) is 0 Å². The van der Waals surface area contributed by atoms with Gasteiger partial charge in [-0.15, -0.1) is 0 Å². The highest BCUT2D eigenvalue weighted by Crippen LogP contribution is 2.67. The van der Waals surface area contributed by atoms with Crippen molar-refractivity contribution in [1.29, 1.82) is 0 Å². The van der Waals surface area contributed by atoms with E-state index in [1.165, 1.54) is 44.9 Å². The minimum atomic E-state index is 0.0251. The van der Waals surface area contributed by atoms with E-state index in [-0.39, 0.29) is 17.4 Å². The van der Waals surface area contributed by atoms with Crippen molar-refractivity contribution >= 4 is 5.91 Å². The van der Waals surface area contributed by atoms with Gasteiger partial charge in [0.05, 0.1) is 0 Å². The molecule has 0 spiro atoms. The van der Waals surface area contributed by atoms with Gasteiger partial charge in [0, 0.05) is 31.0 Å². The van der Waals surface area contributed by atoms with Crippen LogP contribution in [0.3, 0.4) is 0 Å². The predicted octanol–water partition coefficient (Wildman–Crippen LogP) is 3.47. The molecule has 4 nitrogen and oxygen atoms in total. The van der Waals surface area contributed by atoms with Gasteiger partial charge in [-0.25, -0.2) is 0 Å². The van der Waals surface area contributed by atoms with Crippen LogP contribution >= 0.6 is 0 Å². The minimum Gasteiger partial charge on any atom is -0.396 e. The first-order valence-corrected chi connectivity index (χ1v) is 11.5. The molecule has 4 N–H and O–H groups in total. The molecule has 0 heterocycles. The molecule has 1 amide bonds. The van der Waals surface area contributed by atoms with E-state index >= 15 is 0 Å². The first-order chi connectivity index (χ1) is 12.8. The molecule has 0 aromatic rings. The van der Waals surface area contributed by atoms with Gasteiger partial charge in [-0.1, -0.05) is 6.92 Å². The average Bonchev–Trinajstić information content (AvgIpc) is 3.02. The Morgan fingerprint density at radius 1 is 1.15 bits per heavy atom. The molecule has 27 heavy (non-hydrogen) atoms. The summed E-state index contributed by atoms with van der Waals surface area (Å²) in [6.07, 6.45) is 11.1. The number of aliphatic hydroxyl groups is 1. The van der Waals surface area contributed by atoms with Crippen molar-refractivity contribution in [2.45, 2.75) is 90.6 Å². The van der Waals surface area contributed by atoms with E-state index in [1.807, 2.05) is 0 Å². The van der Waals surface area contributed by atoms with Crippen molar-refractivity contribution in [3.63, 3.8) is 0 Å². The number of aliphatic hydroxyl groups excluding tert-OH is 1. The molecule has 154 valence electrons. The number of nitrogens with one attached hydrogen (secondary N) is 1. The molecule has 0 aliphatic heterocycles. The molecule has 4 aliphatic carbocycles. The second-order valence-electron chi connectivity index (χ2n) is 10.8. The molecule has 9 unspecified atom stereocenters. The molecule has 4 rings (SSSR count). The molecular formula is C23H40N2O2. The largest absolute Gasteiger partial charge is 0.396 e. The predicted molar refractivity (Wildman–Crippen MR) is 108 cm³/mol. The van der Waals surface area contributed by atoms with E-state index in [9.17, 15) is 9.90 Å². The molecule has 0 aromatic carbocycles. The van der Waals surface area contributed by atoms with Crippen LogP contribution in [-0.2, 0) is 4.79 Å². The van der Waals surface area contributed by atoms with Crippen LogP contribution in [0.4, 0.5) is 0 Å². The lowest BCUT2D eigenvalue weighted by molar-refractivity contribution is -0.134. The lowest BCUT2D eigenvalue weighted by Gasteiger charge is -2.61. The summed E-state index contributed by atoms with van der Waals surface area (Å²) in [5.41, 5.74) is 6.81. The number of nitrogens with two attached hydrogens (primary N) is 1. The maximum absolute atomic E-state index is 11.6. The highest BCUT2D eigenvalue weighted by Gasteiger charge is 2.62. The summed E-state index contributed by atoms with van der Waals surface area (Å²) >= 11 is 0. The zero-order chi connectivity index (χ0) is 19.4. The molecule has 4 heteroatoms. The molecule has 9 atom stereocenters. The summed E-state index contributed by atoms with van der Waals surface area (Å²) < 4.78 is 0. The fourth-order valence-corrected chi connectivity index (χ4v) is 8.63. The van der Waals surface area contributed by atoms with Crippen molar-refractivity contribution < 1.29 is 9.90 Å². The summed E-state index contributed by atoms with van der Waals surface area (Å²) in [5, 5.41) is 13.7. The third-order valence-electron chi connectivity index (χ3n) is 9.82. The molecule has 4 saturated carbocycles. The Morgan fingerprint density at radius 3 is 2.63 bits per heavy atom. The van der Waals surface area contributed by atoms with Crippen molar-refractivity contribution in [3.8, 4) is 0 Å². The number of carbonyl (C=O) groups is 1. The Morgan fingerprint density at radius 2 is 1.93 bits per heavy atom. The molecule has 4 fully saturated rings. The summed E-state index contributed by atoms with van der Waals surface area (Å²) in [6.45, 7) is 6.62. The Labute approximate surface area is 165 Å². The quantitative estimate of drug-likeness (QED) is 0.706. The first-order valence-electron chi connectivity index (χ1n) is 11.5. The van der Waals surface area contributed by atoms with Crippen molar-refractivity contribution in [1.82, 2.24) is 5.32 Å². The van der Waals surface area contributed by atoms with E-state index in [4.69, 9.17) is 5.73 Å². The van der Waals surface area contributed by atoms with Crippen LogP contribution in [0.2, 0.25) is 0 Å². The van der Waals surface area contributed by atoms with Crippen LogP contribution in [0.25, 0.3) is 0 Å². The van der Waals surface area contributed by atoms with Gasteiger partial charge in [0.1, 0.15) is 0 Å². The minimum absolute atomic E-state index is 0.0251. The van der Waals surface area contributed by atoms with Crippen LogP contribution in [0.15, 0.2) is 0 Å². The molecule has 0 radical (unpaired) electrons. The SMILES string of the molecule is CC(=O)NC(C)C1CCC2C3CCC4CC(N)CCC4(C)C3CCC12CO. The van der Waals surface area contributed by atoms with E-state index in [0.29, 0.717) is 29.9 Å². The fraction of sp³-hybridized carbons (Fsp3) is 0.957. The van der Waals surface area contributed by atoms with Gasteiger partial charge in [0.25, 0.3) is 0 Å². The van der Waals surface area contributed by atoms with Crippen molar-refractivity contribution in [2.75, 3.05) is 6.61 Å². The van der Waals surface area contributed by atoms with Gasteiger partial charge >= 0.3 is 0 Å². The number of carbonyl (C=O) groups excluding carboxylic acids is 1. The standard InChI is InChI=1S/C23H40N2O2/c1-14(25-15(2)27)19-6-7-21-18-5-4-16-12-17(24)8-10-22(16,3)20(18)9-11-23(19,21)13-26/h14,16-21,26H,4-13,24H2,1-3H3,(H,25,27). The Hall–Kier alpha value is -0.610. The average molecular weight is 377 g/mol.